The van der Waals surface area contributed by atoms with Crippen molar-refractivity contribution in [1.82, 2.24) is 0 Å². The number of aliphatic hydroxyl groups is 1. The van der Waals surface area contributed by atoms with Gasteiger partial charge in [-0.25, -0.2) is 0 Å². The average Bonchev–Trinajstić information content (AvgIpc) is 2.82. The fourth-order valence-electron chi connectivity index (χ4n) is 4.81. The third-order valence-electron chi connectivity index (χ3n) is 6.71. The fourth-order valence-corrected chi connectivity index (χ4v) is 21.7. The molecule has 1 unspecified atom stereocenters. The second-order valence-electron chi connectivity index (χ2n) is 9.07. The molecule has 0 aliphatic rings. The quantitative estimate of drug-likeness (QED) is 0.192. The predicted octanol–water partition coefficient (Wildman–Crippen LogP) is 9.06. The van der Waals surface area contributed by atoms with Crippen LogP contribution in [0.1, 0.15) is 95.4 Å². The Morgan fingerprint density at radius 3 is 1.81 bits per heavy atom. The Bertz CT molecular complexity index is 759. The molecule has 170 valence electrons. The van der Waals surface area contributed by atoms with Crippen LogP contribution in [0, 0.1) is 0 Å². The van der Waals surface area contributed by atoms with Crippen molar-refractivity contribution in [1.29, 1.82) is 0 Å². The van der Waals surface area contributed by atoms with E-state index >= 15 is 0 Å². The summed E-state index contributed by atoms with van der Waals surface area (Å²) in [6.07, 6.45) is 10.7. The predicted molar refractivity (Wildman–Crippen MR) is 141 cm³/mol. The van der Waals surface area contributed by atoms with Crippen LogP contribution < -0.4 is 0 Å². The second-order valence-corrected chi connectivity index (χ2v) is 22.2. The Balaban J connectivity index is 2.74. The monoisotopic (exact) mass is 528 g/mol. The van der Waals surface area contributed by atoms with Crippen molar-refractivity contribution in [2.45, 2.75) is 92.1 Å². The van der Waals surface area contributed by atoms with Crippen LogP contribution in [0.4, 0.5) is 0 Å². The molecule has 0 aliphatic heterocycles. The van der Waals surface area contributed by atoms with E-state index in [0.717, 1.165) is 12.0 Å². The van der Waals surface area contributed by atoms with Crippen LogP contribution in [0.3, 0.4) is 0 Å². The SMILES string of the molecule is CCC[CH2][Sn]([CH2]CCC)([CH2]CCC)/[C](=C/c1ccccc1)c1ccccc1C(O)CC. The van der Waals surface area contributed by atoms with Crippen LogP contribution in [0.15, 0.2) is 54.6 Å². The molecule has 0 aliphatic carbocycles. The minimum absolute atomic E-state index is 0.386. The van der Waals surface area contributed by atoms with Gasteiger partial charge in [-0.15, -0.1) is 0 Å². The average molecular weight is 527 g/mol. The molecule has 0 amide bonds. The molecule has 1 atom stereocenters. The van der Waals surface area contributed by atoms with E-state index in [2.05, 4.69) is 88.4 Å². The van der Waals surface area contributed by atoms with Gasteiger partial charge >= 0.3 is 196 Å². The van der Waals surface area contributed by atoms with E-state index in [0.29, 0.717) is 0 Å². The summed E-state index contributed by atoms with van der Waals surface area (Å²) in [5, 5.41) is 10.9. The summed E-state index contributed by atoms with van der Waals surface area (Å²) in [7, 11) is 0. The number of hydrogen-bond acceptors (Lipinski definition) is 1. The van der Waals surface area contributed by atoms with Gasteiger partial charge in [-0.2, -0.15) is 0 Å². The van der Waals surface area contributed by atoms with Crippen LogP contribution in [-0.4, -0.2) is 23.5 Å². The Kier molecular flexibility index (Phi) is 12.0. The molecule has 0 fully saturated rings. The summed E-state index contributed by atoms with van der Waals surface area (Å²) in [6, 6.07) is 19.6. The molecule has 0 saturated heterocycles. The number of hydrogen-bond donors (Lipinski definition) is 1. The van der Waals surface area contributed by atoms with Gasteiger partial charge in [0.25, 0.3) is 0 Å². The van der Waals surface area contributed by atoms with Crippen molar-refractivity contribution in [3.63, 3.8) is 0 Å². The molecule has 0 aromatic heterocycles. The zero-order valence-corrected chi connectivity index (χ0v) is 23.2. The van der Waals surface area contributed by atoms with E-state index in [4.69, 9.17) is 0 Å². The van der Waals surface area contributed by atoms with Gasteiger partial charge in [-0.05, 0) is 0 Å². The van der Waals surface area contributed by atoms with E-state index in [-0.39, 0.29) is 6.10 Å². The molecule has 0 saturated carbocycles. The van der Waals surface area contributed by atoms with Gasteiger partial charge in [0.2, 0.25) is 0 Å². The molecule has 1 N–H and O–H groups in total. The first kappa shape index (κ1) is 26.2. The summed E-state index contributed by atoms with van der Waals surface area (Å²) >= 11 is -2.73. The number of aliphatic hydroxyl groups excluding tert-OH is 1. The summed E-state index contributed by atoms with van der Waals surface area (Å²) < 4.78 is 5.94. The molecule has 0 bridgehead atoms. The van der Waals surface area contributed by atoms with Crippen LogP contribution in [0.25, 0.3) is 9.67 Å². The van der Waals surface area contributed by atoms with E-state index in [1.165, 1.54) is 63.0 Å². The third-order valence-corrected chi connectivity index (χ3v) is 22.4. The molecular formula is C29H44OSn. The van der Waals surface area contributed by atoms with E-state index in [1.54, 1.807) is 3.59 Å². The molecule has 1 nitrogen and oxygen atoms in total. The molecule has 2 aromatic rings. The van der Waals surface area contributed by atoms with Crippen molar-refractivity contribution < 1.29 is 5.11 Å². The van der Waals surface area contributed by atoms with Crippen LogP contribution in [-0.2, 0) is 0 Å². The van der Waals surface area contributed by atoms with Gasteiger partial charge in [0, 0.05) is 0 Å². The zero-order valence-electron chi connectivity index (χ0n) is 20.4. The van der Waals surface area contributed by atoms with Crippen LogP contribution in [0.2, 0.25) is 13.3 Å². The second kappa shape index (κ2) is 14.2. The van der Waals surface area contributed by atoms with Gasteiger partial charge in [0.05, 0.1) is 0 Å². The fraction of sp³-hybridized carbons (Fsp3) is 0.517. The van der Waals surface area contributed by atoms with E-state index in [1.807, 2.05) is 0 Å². The zero-order chi connectivity index (χ0) is 22.5. The van der Waals surface area contributed by atoms with Gasteiger partial charge in [0.15, 0.2) is 0 Å². The third kappa shape index (κ3) is 7.49. The van der Waals surface area contributed by atoms with Gasteiger partial charge < -0.3 is 0 Å². The Morgan fingerprint density at radius 1 is 0.774 bits per heavy atom. The molecule has 0 spiro atoms. The van der Waals surface area contributed by atoms with E-state index < -0.39 is 18.4 Å². The summed E-state index contributed by atoms with van der Waals surface area (Å²) in [6.45, 7) is 9.10. The molecule has 2 rings (SSSR count). The van der Waals surface area contributed by atoms with E-state index in [9.17, 15) is 5.11 Å². The summed E-state index contributed by atoms with van der Waals surface area (Å²) in [4.78, 5) is 0. The molecule has 2 aromatic carbocycles. The Labute approximate surface area is 195 Å². The van der Waals surface area contributed by atoms with Crippen LogP contribution >= 0.6 is 0 Å². The standard InChI is InChI=1S/C17H17O.3C4H9.Sn/c1-2-17(18)16-11-7-6-10-15(16)13-12-14-8-4-3-5-9-14;3*1-3-4-2;/h3-12,17-18H,2H2,1H3;3*1,3-4H2,2H3;. The maximum atomic E-state index is 10.9. The molecular weight excluding hydrogens is 483 g/mol. The Hall–Kier alpha value is -1.06. The number of benzene rings is 2. The van der Waals surface area contributed by atoms with Gasteiger partial charge in [-0.1, -0.05) is 0 Å². The van der Waals surface area contributed by atoms with Gasteiger partial charge in [0.1, 0.15) is 0 Å². The topological polar surface area (TPSA) is 20.2 Å². The molecule has 2 heteroatoms. The summed E-state index contributed by atoms with van der Waals surface area (Å²) in [5.74, 6) is 0. The van der Waals surface area contributed by atoms with Crippen molar-refractivity contribution >= 4 is 28.0 Å². The normalized spacial score (nSPS) is 13.4. The first-order chi connectivity index (χ1) is 15.1. The molecule has 31 heavy (non-hydrogen) atoms. The van der Waals surface area contributed by atoms with Crippen molar-refractivity contribution in [3.05, 3.63) is 71.3 Å². The van der Waals surface area contributed by atoms with Crippen molar-refractivity contribution in [2.75, 3.05) is 0 Å². The molecule has 0 heterocycles. The number of unbranched alkanes of at least 4 members (excludes halogenated alkanes) is 3. The maximum absolute atomic E-state index is 10.9. The number of rotatable bonds is 14. The Morgan fingerprint density at radius 2 is 1.29 bits per heavy atom. The first-order valence-electron chi connectivity index (χ1n) is 12.7. The minimum atomic E-state index is -2.73. The summed E-state index contributed by atoms with van der Waals surface area (Å²) in [5.41, 5.74) is 3.79. The van der Waals surface area contributed by atoms with Crippen molar-refractivity contribution in [3.8, 4) is 0 Å². The molecule has 0 radical (unpaired) electrons. The van der Waals surface area contributed by atoms with Gasteiger partial charge in [-0.3, -0.25) is 0 Å². The van der Waals surface area contributed by atoms with Crippen LogP contribution in [0.5, 0.6) is 0 Å². The van der Waals surface area contributed by atoms with Crippen molar-refractivity contribution in [2.24, 2.45) is 0 Å². The first-order valence-corrected chi connectivity index (χ1v) is 20.1.